The standard InChI is InChI=1S/C21H35NO/c1-4-5-13-22-14-10-19(11-15-22)12-16-23-21-8-6-20(7-9-21)17-18(2)3/h6-9,18-19H,4-5,10-17H2,1-3H3. The van der Waals surface area contributed by atoms with Gasteiger partial charge in [0, 0.05) is 0 Å². The largest absolute Gasteiger partial charge is 0.494 e. The highest BCUT2D eigenvalue weighted by Crippen LogP contribution is 2.22. The Morgan fingerprint density at radius 2 is 1.83 bits per heavy atom. The lowest BCUT2D eigenvalue weighted by molar-refractivity contribution is 0.162. The summed E-state index contributed by atoms with van der Waals surface area (Å²) in [4.78, 5) is 2.63. The van der Waals surface area contributed by atoms with Gasteiger partial charge in [-0.2, -0.15) is 0 Å². The zero-order valence-corrected chi connectivity index (χ0v) is 15.4. The molecule has 0 aromatic heterocycles. The molecule has 0 atom stereocenters. The fourth-order valence-corrected chi connectivity index (χ4v) is 3.42. The Bertz CT molecular complexity index is 418. The first-order chi connectivity index (χ1) is 11.2. The predicted octanol–water partition coefficient (Wildman–Crippen LogP) is 5.17. The average Bonchev–Trinajstić information content (AvgIpc) is 2.55. The first kappa shape index (κ1) is 18.3. The zero-order chi connectivity index (χ0) is 16.5. The molecule has 1 fully saturated rings. The second-order valence-corrected chi connectivity index (χ2v) is 7.52. The zero-order valence-electron chi connectivity index (χ0n) is 15.4. The molecule has 1 heterocycles. The molecule has 2 heteroatoms. The molecule has 1 aromatic carbocycles. The highest BCUT2D eigenvalue weighted by atomic mass is 16.5. The molecule has 0 amide bonds. The molecule has 0 radical (unpaired) electrons. The SMILES string of the molecule is CCCCN1CCC(CCOc2ccc(CC(C)C)cc2)CC1. The Morgan fingerprint density at radius 1 is 1.13 bits per heavy atom. The summed E-state index contributed by atoms with van der Waals surface area (Å²) in [5.41, 5.74) is 1.41. The second-order valence-electron chi connectivity index (χ2n) is 7.52. The van der Waals surface area contributed by atoms with E-state index in [1.165, 1.54) is 57.3 Å². The van der Waals surface area contributed by atoms with E-state index >= 15 is 0 Å². The summed E-state index contributed by atoms with van der Waals surface area (Å²) < 4.78 is 5.95. The molecule has 0 unspecified atom stereocenters. The lowest BCUT2D eigenvalue weighted by Gasteiger charge is -2.31. The number of rotatable bonds is 9. The molecule has 1 aliphatic heterocycles. The number of hydrogen-bond donors (Lipinski definition) is 0. The fraction of sp³-hybridized carbons (Fsp3) is 0.714. The van der Waals surface area contributed by atoms with E-state index in [0.717, 1.165) is 24.7 Å². The van der Waals surface area contributed by atoms with Crippen LogP contribution in [-0.4, -0.2) is 31.1 Å². The average molecular weight is 318 g/mol. The van der Waals surface area contributed by atoms with Crippen LogP contribution >= 0.6 is 0 Å². The first-order valence-electron chi connectivity index (χ1n) is 9.61. The third kappa shape index (κ3) is 6.95. The highest BCUT2D eigenvalue weighted by molar-refractivity contribution is 5.27. The molecule has 0 bridgehead atoms. The molecule has 0 N–H and O–H groups in total. The number of piperidine rings is 1. The second kappa shape index (κ2) is 9.97. The van der Waals surface area contributed by atoms with Gasteiger partial charge in [-0.15, -0.1) is 0 Å². The van der Waals surface area contributed by atoms with Crippen molar-refractivity contribution in [3.05, 3.63) is 29.8 Å². The van der Waals surface area contributed by atoms with Crippen molar-refractivity contribution < 1.29 is 4.74 Å². The summed E-state index contributed by atoms with van der Waals surface area (Å²) in [5.74, 6) is 2.59. The van der Waals surface area contributed by atoms with Crippen molar-refractivity contribution in [2.75, 3.05) is 26.2 Å². The lowest BCUT2D eigenvalue weighted by Crippen LogP contribution is -2.34. The van der Waals surface area contributed by atoms with Crippen LogP contribution in [0.1, 0.15) is 58.4 Å². The van der Waals surface area contributed by atoms with Crippen molar-refractivity contribution in [1.29, 1.82) is 0 Å². The van der Waals surface area contributed by atoms with Gasteiger partial charge in [0.05, 0.1) is 6.61 Å². The van der Waals surface area contributed by atoms with Gasteiger partial charge in [-0.05, 0) is 81.3 Å². The summed E-state index contributed by atoms with van der Waals surface area (Å²) >= 11 is 0. The van der Waals surface area contributed by atoms with Crippen LogP contribution in [0.5, 0.6) is 5.75 Å². The maximum Gasteiger partial charge on any atom is 0.119 e. The lowest BCUT2D eigenvalue weighted by atomic mass is 9.94. The van der Waals surface area contributed by atoms with E-state index in [-0.39, 0.29) is 0 Å². The minimum absolute atomic E-state index is 0.713. The third-order valence-electron chi connectivity index (χ3n) is 4.90. The molecule has 1 saturated heterocycles. The quantitative estimate of drug-likeness (QED) is 0.623. The number of ether oxygens (including phenoxy) is 1. The topological polar surface area (TPSA) is 12.5 Å². The van der Waals surface area contributed by atoms with Crippen LogP contribution in [-0.2, 0) is 6.42 Å². The van der Waals surface area contributed by atoms with Crippen molar-refractivity contribution >= 4 is 0 Å². The molecular weight excluding hydrogens is 282 g/mol. The molecule has 1 aromatic rings. The Morgan fingerprint density at radius 3 is 2.43 bits per heavy atom. The van der Waals surface area contributed by atoms with Gasteiger partial charge in [-0.25, -0.2) is 0 Å². The van der Waals surface area contributed by atoms with E-state index < -0.39 is 0 Å². The molecule has 2 nitrogen and oxygen atoms in total. The van der Waals surface area contributed by atoms with Gasteiger partial charge in [-0.3, -0.25) is 0 Å². The number of unbranched alkanes of at least 4 members (excludes halogenated alkanes) is 1. The van der Waals surface area contributed by atoms with E-state index in [1.54, 1.807) is 0 Å². The number of hydrogen-bond acceptors (Lipinski definition) is 2. The van der Waals surface area contributed by atoms with Crippen LogP contribution in [0.4, 0.5) is 0 Å². The van der Waals surface area contributed by atoms with Crippen molar-refractivity contribution in [2.45, 2.75) is 59.3 Å². The monoisotopic (exact) mass is 317 g/mol. The third-order valence-corrected chi connectivity index (χ3v) is 4.90. The molecule has 23 heavy (non-hydrogen) atoms. The van der Waals surface area contributed by atoms with Crippen LogP contribution in [0.25, 0.3) is 0 Å². The van der Waals surface area contributed by atoms with Crippen LogP contribution in [0.3, 0.4) is 0 Å². The Balaban J connectivity index is 1.62. The summed E-state index contributed by atoms with van der Waals surface area (Å²) in [7, 11) is 0. The molecule has 2 rings (SSSR count). The predicted molar refractivity (Wildman–Crippen MR) is 99.2 cm³/mol. The number of likely N-dealkylation sites (tertiary alicyclic amines) is 1. The van der Waals surface area contributed by atoms with Gasteiger partial charge in [0.15, 0.2) is 0 Å². The fourth-order valence-electron chi connectivity index (χ4n) is 3.42. The summed E-state index contributed by atoms with van der Waals surface area (Å²) in [5, 5.41) is 0. The molecular formula is C21H35NO. The van der Waals surface area contributed by atoms with Crippen molar-refractivity contribution in [3.8, 4) is 5.75 Å². The maximum absolute atomic E-state index is 5.95. The Labute approximate surface area is 143 Å². The minimum atomic E-state index is 0.713. The Hall–Kier alpha value is -1.02. The van der Waals surface area contributed by atoms with Crippen LogP contribution in [0.15, 0.2) is 24.3 Å². The van der Waals surface area contributed by atoms with Gasteiger partial charge in [-0.1, -0.05) is 39.3 Å². The van der Waals surface area contributed by atoms with E-state index in [4.69, 9.17) is 4.74 Å². The van der Waals surface area contributed by atoms with Crippen molar-refractivity contribution in [1.82, 2.24) is 4.90 Å². The first-order valence-corrected chi connectivity index (χ1v) is 9.61. The van der Waals surface area contributed by atoms with Gasteiger partial charge in [0.1, 0.15) is 5.75 Å². The molecule has 130 valence electrons. The van der Waals surface area contributed by atoms with Crippen molar-refractivity contribution in [3.63, 3.8) is 0 Å². The smallest absolute Gasteiger partial charge is 0.119 e. The summed E-state index contributed by atoms with van der Waals surface area (Å²) in [6, 6.07) is 8.68. The molecule has 0 saturated carbocycles. The van der Waals surface area contributed by atoms with Gasteiger partial charge in [0.25, 0.3) is 0 Å². The Kier molecular flexibility index (Phi) is 7.94. The normalized spacial score (nSPS) is 16.9. The molecule has 0 aliphatic carbocycles. The maximum atomic E-state index is 5.95. The van der Waals surface area contributed by atoms with Crippen LogP contribution in [0.2, 0.25) is 0 Å². The highest BCUT2D eigenvalue weighted by Gasteiger charge is 2.18. The summed E-state index contributed by atoms with van der Waals surface area (Å²) in [6.45, 7) is 11.5. The number of benzene rings is 1. The van der Waals surface area contributed by atoms with E-state index in [0.29, 0.717) is 5.92 Å². The van der Waals surface area contributed by atoms with Gasteiger partial charge >= 0.3 is 0 Å². The van der Waals surface area contributed by atoms with Crippen LogP contribution in [0, 0.1) is 11.8 Å². The molecule has 0 spiro atoms. The van der Waals surface area contributed by atoms with Gasteiger partial charge < -0.3 is 9.64 Å². The van der Waals surface area contributed by atoms with E-state index in [1.807, 2.05) is 0 Å². The summed E-state index contributed by atoms with van der Waals surface area (Å²) in [6.07, 6.45) is 7.71. The number of nitrogens with zero attached hydrogens (tertiary/aromatic N) is 1. The van der Waals surface area contributed by atoms with Crippen LogP contribution < -0.4 is 4.74 Å². The molecule has 1 aliphatic rings. The van der Waals surface area contributed by atoms with Crippen molar-refractivity contribution in [2.24, 2.45) is 11.8 Å². The van der Waals surface area contributed by atoms with E-state index in [9.17, 15) is 0 Å². The minimum Gasteiger partial charge on any atom is -0.494 e. The van der Waals surface area contributed by atoms with Gasteiger partial charge in [0.2, 0.25) is 0 Å². The van der Waals surface area contributed by atoms with E-state index in [2.05, 4.69) is 49.9 Å².